The van der Waals surface area contributed by atoms with Crippen LogP contribution in [-0.2, 0) is 5.60 Å². The summed E-state index contributed by atoms with van der Waals surface area (Å²) < 4.78 is 0.971. The fourth-order valence-electron chi connectivity index (χ4n) is 5.13. The van der Waals surface area contributed by atoms with Gasteiger partial charge in [-0.3, -0.25) is 0 Å². The molecule has 1 heterocycles. The maximum atomic E-state index is 12.9. The van der Waals surface area contributed by atoms with E-state index in [1.54, 1.807) is 0 Å². The zero-order valence-electron chi connectivity index (χ0n) is 20.3. The van der Waals surface area contributed by atoms with Gasteiger partial charge in [0.25, 0.3) is 0 Å². The van der Waals surface area contributed by atoms with E-state index in [1.165, 1.54) is 0 Å². The van der Waals surface area contributed by atoms with E-state index in [9.17, 15) is 5.11 Å². The van der Waals surface area contributed by atoms with Crippen molar-refractivity contribution in [2.45, 2.75) is 17.9 Å². The van der Waals surface area contributed by atoms with Crippen LogP contribution in [-0.4, -0.2) is 35.6 Å². The number of benzene rings is 4. The number of aliphatic hydroxyl groups is 1. The largest absolute Gasteiger partial charge is 0.384 e. The number of hydrogen-bond acceptors (Lipinski definition) is 3. The third-order valence-electron chi connectivity index (χ3n) is 6.88. The van der Waals surface area contributed by atoms with E-state index in [1.807, 2.05) is 74.8 Å². The van der Waals surface area contributed by atoms with Crippen molar-refractivity contribution in [1.29, 1.82) is 0 Å². The molecule has 0 saturated heterocycles. The molecule has 2 atom stereocenters. The third kappa shape index (κ3) is 4.79. The topological polar surface area (TPSA) is 36.4 Å². The van der Waals surface area contributed by atoms with Gasteiger partial charge in [0.2, 0.25) is 0 Å². The van der Waals surface area contributed by atoms with Crippen LogP contribution in [0.2, 0.25) is 5.15 Å². The van der Waals surface area contributed by atoms with E-state index in [0.717, 1.165) is 42.8 Å². The van der Waals surface area contributed by atoms with Gasteiger partial charge < -0.3 is 10.0 Å². The van der Waals surface area contributed by atoms with E-state index < -0.39 is 11.5 Å². The van der Waals surface area contributed by atoms with E-state index in [4.69, 9.17) is 16.6 Å². The molecule has 3 nitrogen and oxygen atoms in total. The van der Waals surface area contributed by atoms with E-state index in [0.29, 0.717) is 18.1 Å². The number of halogens is 2. The molecule has 182 valence electrons. The lowest BCUT2D eigenvalue weighted by Crippen LogP contribution is -2.38. The van der Waals surface area contributed by atoms with Crippen LogP contribution in [0.3, 0.4) is 0 Å². The smallest absolute Gasteiger partial charge is 0.133 e. The van der Waals surface area contributed by atoms with Gasteiger partial charge in [0.15, 0.2) is 0 Å². The second-order valence-electron chi connectivity index (χ2n) is 9.55. The number of hydrogen-bond donors (Lipinski definition) is 1. The van der Waals surface area contributed by atoms with Gasteiger partial charge in [0.05, 0.1) is 5.52 Å². The van der Waals surface area contributed by atoms with Crippen molar-refractivity contribution in [2.75, 3.05) is 20.6 Å². The molecule has 0 aliphatic heterocycles. The zero-order chi connectivity index (χ0) is 25.3. The van der Waals surface area contributed by atoms with Crippen LogP contribution in [0.1, 0.15) is 29.0 Å². The number of pyridine rings is 1. The summed E-state index contributed by atoms with van der Waals surface area (Å²) in [5, 5.41) is 16.4. The van der Waals surface area contributed by atoms with Gasteiger partial charge in [-0.25, -0.2) is 4.98 Å². The molecule has 0 bridgehead atoms. The minimum absolute atomic E-state index is 0.405. The Hall–Kier alpha value is -2.76. The Morgan fingerprint density at radius 2 is 1.61 bits per heavy atom. The molecule has 0 aliphatic rings. The molecular formula is C31H28BrClN2O. The lowest BCUT2D eigenvalue weighted by Gasteiger charge is -2.39. The third-order valence-corrected chi connectivity index (χ3v) is 7.67. The summed E-state index contributed by atoms with van der Waals surface area (Å²) in [6.45, 7) is 0.702. The molecule has 0 radical (unpaired) electrons. The second kappa shape index (κ2) is 10.3. The fourth-order valence-corrected chi connectivity index (χ4v) is 5.77. The lowest BCUT2D eigenvalue weighted by molar-refractivity contribution is 0.00586. The normalized spacial score (nSPS) is 14.3. The summed E-state index contributed by atoms with van der Waals surface area (Å²) >= 11 is 10.5. The number of rotatable bonds is 7. The van der Waals surface area contributed by atoms with E-state index >= 15 is 0 Å². The van der Waals surface area contributed by atoms with Gasteiger partial charge in [-0.1, -0.05) is 100 Å². The first-order valence-corrected chi connectivity index (χ1v) is 13.2. The molecule has 0 unspecified atom stereocenters. The molecule has 5 aromatic rings. The van der Waals surface area contributed by atoms with Gasteiger partial charge in [-0.15, -0.1) is 0 Å². The maximum absolute atomic E-state index is 12.9. The summed E-state index contributed by atoms with van der Waals surface area (Å²) in [6, 6.07) is 32.6. The second-order valence-corrected chi connectivity index (χ2v) is 10.8. The quantitative estimate of drug-likeness (QED) is 0.207. The van der Waals surface area contributed by atoms with Crippen molar-refractivity contribution in [3.05, 3.63) is 123 Å². The van der Waals surface area contributed by atoms with Crippen LogP contribution in [0.25, 0.3) is 21.7 Å². The Balaban J connectivity index is 1.82. The van der Waals surface area contributed by atoms with Crippen molar-refractivity contribution < 1.29 is 5.11 Å². The molecule has 0 amide bonds. The van der Waals surface area contributed by atoms with Crippen molar-refractivity contribution in [3.63, 3.8) is 0 Å². The highest BCUT2D eigenvalue weighted by Gasteiger charge is 2.42. The standard InChI is InChI=1S/C31H28BrClN2O/c1-35(2)18-17-31(36,27-14-8-12-21-9-6-7-13-25(21)27)29(22-10-4-3-5-11-22)26-20-23-19-24(32)15-16-28(23)34-30(26)33/h3-16,19-20,29,36H,17-18H2,1-2H3/t29-,31+/m1/s1. The SMILES string of the molecule is CN(C)CC[C@](O)(c1cccc2ccccc12)[C@H](c1ccccc1)c1cc2cc(Br)ccc2nc1Cl. The van der Waals surface area contributed by atoms with Crippen molar-refractivity contribution in [3.8, 4) is 0 Å². The fraction of sp³-hybridized carbons (Fsp3) is 0.194. The van der Waals surface area contributed by atoms with Crippen LogP contribution >= 0.6 is 27.5 Å². The summed E-state index contributed by atoms with van der Waals surface area (Å²) in [4.78, 5) is 6.86. The molecule has 36 heavy (non-hydrogen) atoms. The average Bonchev–Trinajstić information content (AvgIpc) is 2.88. The highest BCUT2D eigenvalue weighted by Crippen LogP contribution is 2.48. The Morgan fingerprint density at radius 3 is 2.39 bits per heavy atom. The van der Waals surface area contributed by atoms with Gasteiger partial charge in [0, 0.05) is 27.9 Å². The van der Waals surface area contributed by atoms with Crippen LogP contribution in [0.15, 0.2) is 102 Å². The van der Waals surface area contributed by atoms with Gasteiger partial charge in [-0.2, -0.15) is 0 Å². The minimum atomic E-state index is -1.25. The Morgan fingerprint density at radius 1 is 0.889 bits per heavy atom. The lowest BCUT2D eigenvalue weighted by atomic mass is 9.71. The average molecular weight is 560 g/mol. The predicted molar refractivity (Wildman–Crippen MR) is 154 cm³/mol. The van der Waals surface area contributed by atoms with Gasteiger partial charge >= 0.3 is 0 Å². The number of aromatic nitrogens is 1. The van der Waals surface area contributed by atoms with E-state index in [-0.39, 0.29) is 0 Å². The van der Waals surface area contributed by atoms with Gasteiger partial charge in [-0.05, 0) is 66.7 Å². The zero-order valence-corrected chi connectivity index (χ0v) is 22.7. The molecule has 0 fully saturated rings. The summed E-state index contributed by atoms with van der Waals surface area (Å²) in [5.41, 5.74) is 2.26. The Labute approximate surface area is 225 Å². The maximum Gasteiger partial charge on any atom is 0.133 e. The number of fused-ring (bicyclic) bond motifs is 2. The predicted octanol–water partition coefficient (Wildman–Crippen LogP) is 7.78. The Bertz CT molecular complexity index is 1520. The molecule has 0 saturated carbocycles. The van der Waals surface area contributed by atoms with Crippen LogP contribution in [0.5, 0.6) is 0 Å². The van der Waals surface area contributed by atoms with Crippen molar-refractivity contribution >= 4 is 49.2 Å². The van der Waals surface area contributed by atoms with Crippen LogP contribution < -0.4 is 0 Å². The highest BCUT2D eigenvalue weighted by molar-refractivity contribution is 9.10. The Kier molecular flexibility index (Phi) is 7.14. The molecule has 4 aromatic carbocycles. The van der Waals surface area contributed by atoms with E-state index in [2.05, 4.69) is 57.2 Å². The molecular weight excluding hydrogens is 532 g/mol. The molecule has 0 spiro atoms. The van der Waals surface area contributed by atoms with Gasteiger partial charge in [0.1, 0.15) is 10.8 Å². The summed E-state index contributed by atoms with van der Waals surface area (Å²) in [6.07, 6.45) is 0.514. The monoisotopic (exact) mass is 558 g/mol. The van der Waals surface area contributed by atoms with Crippen LogP contribution in [0, 0.1) is 0 Å². The molecule has 1 aromatic heterocycles. The first kappa shape index (κ1) is 24.9. The molecule has 5 heteroatoms. The first-order valence-electron chi connectivity index (χ1n) is 12.0. The van der Waals surface area contributed by atoms with Crippen molar-refractivity contribution in [2.24, 2.45) is 0 Å². The molecule has 0 aliphatic carbocycles. The van der Waals surface area contributed by atoms with Crippen LogP contribution in [0.4, 0.5) is 0 Å². The van der Waals surface area contributed by atoms with Crippen molar-refractivity contribution in [1.82, 2.24) is 9.88 Å². The number of nitrogens with zero attached hydrogens (tertiary/aromatic N) is 2. The summed E-state index contributed by atoms with van der Waals surface area (Å²) in [5.74, 6) is -0.437. The molecule has 1 N–H and O–H groups in total. The molecule has 5 rings (SSSR count). The minimum Gasteiger partial charge on any atom is -0.384 e. The summed E-state index contributed by atoms with van der Waals surface area (Å²) in [7, 11) is 4.06. The first-order chi connectivity index (χ1) is 17.4. The highest BCUT2D eigenvalue weighted by atomic mass is 79.9.